The summed E-state index contributed by atoms with van der Waals surface area (Å²) in [5.74, 6) is 0. The van der Waals surface area contributed by atoms with Gasteiger partial charge in [0.2, 0.25) is 0 Å². The van der Waals surface area contributed by atoms with Gasteiger partial charge in [0, 0.05) is 29.4 Å². The highest BCUT2D eigenvalue weighted by molar-refractivity contribution is 6.08. The van der Waals surface area contributed by atoms with Crippen molar-refractivity contribution in [2.24, 2.45) is 0 Å². The average molecular weight is 429 g/mol. The van der Waals surface area contributed by atoms with E-state index in [1.807, 2.05) is 0 Å². The first kappa shape index (κ1) is 22.5. The lowest BCUT2D eigenvalue weighted by Gasteiger charge is -2.17. The van der Waals surface area contributed by atoms with Crippen molar-refractivity contribution in [3.8, 4) is 0 Å². The molecule has 0 aliphatic rings. The maximum Gasteiger partial charge on any atom is 0.0707 e. The van der Waals surface area contributed by atoms with Crippen LogP contribution in [-0.2, 0) is 19.5 Å². The minimum Gasteiger partial charge on any atom is -0.339 e. The molecule has 32 heavy (non-hydrogen) atoms. The normalized spacial score (nSPS) is 11.8. The predicted molar refractivity (Wildman–Crippen MR) is 136 cm³/mol. The van der Waals surface area contributed by atoms with Crippen molar-refractivity contribution in [3.63, 3.8) is 0 Å². The maximum atomic E-state index is 4.98. The number of hydrogen-bond acceptors (Lipinski definition) is 3. The molecule has 0 aliphatic heterocycles. The Bertz CT molecular complexity index is 1140. The number of para-hydroxylation sites is 1. The Morgan fingerprint density at radius 1 is 0.938 bits per heavy atom. The third kappa shape index (κ3) is 5.03. The van der Waals surface area contributed by atoms with Gasteiger partial charge in [0.05, 0.1) is 16.9 Å². The largest absolute Gasteiger partial charge is 0.339 e. The minimum absolute atomic E-state index is 0.818. The molecule has 2 heterocycles. The predicted octanol–water partition coefficient (Wildman–Crippen LogP) is 5.56. The summed E-state index contributed by atoms with van der Waals surface area (Å²) in [6.07, 6.45) is 2.19. The number of benzene rings is 2. The average Bonchev–Trinajstić information content (AvgIpc) is 3.15. The number of hydrogen-bond donors (Lipinski definition) is 1. The second-order valence-corrected chi connectivity index (χ2v) is 8.56. The van der Waals surface area contributed by atoms with Crippen LogP contribution in [0.25, 0.3) is 21.8 Å². The van der Waals surface area contributed by atoms with Crippen LogP contribution in [0.3, 0.4) is 0 Å². The number of pyridine rings is 1. The fourth-order valence-corrected chi connectivity index (χ4v) is 4.73. The van der Waals surface area contributed by atoms with Crippen LogP contribution in [0.4, 0.5) is 0 Å². The van der Waals surface area contributed by atoms with E-state index in [1.54, 1.807) is 0 Å². The summed E-state index contributed by atoms with van der Waals surface area (Å²) in [5, 5.41) is 6.25. The molecule has 0 unspecified atom stereocenters. The van der Waals surface area contributed by atoms with Gasteiger partial charge in [0.25, 0.3) is 0 Å². The number of aromatic nitrogens is 2. The Labute approximate surface area is 192 Å². The van der Waals surface area contributed by atoms with Crippen LogP contribution in [-0.4, -0.2) is 40.6 Å². The van der Waals surface area contributed by atoms with Gasteiger partial charge in [-0.15, -0.1) is 0 Å². The molecule has 0 fully saturated rings. The van der Waals surface area contributed by atoms with Crippen LogP contribution in [0.2, 0.25) is 0 Å². The molecular formula is C28H36N4. The standard InChI is InChI=1S/C28H36N4/c1-4-31(5-2)18-11-17-29-21-24-20-26-25-14-9-10-15-27(25)32(28(26)22(3)30-24)19-16-23-12-7-6-8-13-23/h6-10,12-15,20,29H,4-5,11,16-19,21H2,1-3H3. The molecule has 0 saturated heterocycles. The number of nitrogens with one attached hydrogen (secondary N) is 1. The van der Waals surface area contributed by atoms with Gasteiger partial charge in [-0.1, -0.05) is 62.4 Å². The minimum atomic E-state index is 0.818. The molecule has 0 atom stereocenters. The first-order valence-corrected chi connectivity index (χ1v) is 12.1. The fraction of sp³-hybridized carbons (Fsp3) is 0.393. The molecule has 0 bridgehead atoms. The third-order valence-electron chi connectivity index (χ3n) is 6.47. The molecule has 2 aromatic carbocycles. The summed E-state index contributed by atoms with van der Waals surface area (Å²) in [4.78, 5) is 7.46. The van der Waals surface area contributed by atoms with Crippen molar-refractivity contribution >= 4 is 21.8 Å². The van der Waals surface area contributed by atoms with Gasteiger partial charge in [-0.3, -0.25) is 4.98 Å². The van der Waals surface area contributed by atoms with Gasteiger partial charge in [0.15, 0.2) is 0 Å². The van der Waals surface area contributed by atoms with E-state index in [2.05, 4.69) is 96.2 Å². The van der Waals surface area contributed by atoms with Crippen LogP contribution in [0.5, 0.6) is 0 Å². The molecule has 0 aliphatic carbocycles. The molecule has 4 heteroatoms. The van der Waals surface area contributed by atoms with Gasteiger partial charge in [-0.05, 0) is 63.6 Å². The number of aryl methyl sites for hydroxylation is 3. The van der Waals surface area contributed by atoms with E-state index in [1.165, 1.54) is 33.8 Å². The SMILES string of the molecule is CCN(CC)CCCNCc1cc2c3ccccc3n(CCc3ccccc3)c2c(C)n1. The maximum absolute atomic E-state index is 4.98. The van der Waals surface area contributed by atoms with Crippen LogP contribution in [0, 0.1) is 6.92 Å². The molecular weight excluding hydrogens is 392 g/mol. The highest BCUT2D eigenvalue weighted by Gasteiger charge is 2.14. The Morgan fingerprint density at radius 3 is 2.47 bits per heavy atom. The molecule has 0 amide bonds. The van der Waals surface area contributed by atoms with E-state index in [4.69, 9.17) is 4.98 Å². The van der Waals surface area contributed by atoms with Gasteiger partial charge >= 0.3 is 0 Å². The van der Waals surface area contributed by atoms with Crippen molar-refractivity contribution in [1.29, 1.82) is 0 Å². The number of nitrogens with zero attached hydrogens (tertiary/aromatic N) is 3. The van der Waals surface area contributed by atoms with Gasteiger partial charge in [-0.2, -0.15) is 0 Å². The van der Waals surface area contributed by atoms with Crippen LogP contribution < -0.4 is 5.32 Å². The zero-order valence-electron chi connectivity index (χ0n) is 19.8. The topological polar surface area (TPSA) is 33.1 Å². The summed E-state index contributed by atoms with van der Waals surface area (Å²) in [7, 11) is 0. The number of fused-ring (bicyclic) bond motifs is 3. The highest BCUT2D eigenvalue weighted by atomic mass is 15.1. The van der Waals surface area contributed by atoms with Crippen molar-refractivity contribution in [1.82, 2.24) is 19.8 Å². The molecule has 1 N–H and O–H groups in total. The van der Waals surface area contributed by atoms with Crippen molar-refractivity contribution in [3.05, 3.63) is 77.6 Å². The molecule has 4 aromatic rings. The highest BCUT2D eigenvalue weighted by Crippen LogP contribution is 2.31. The van der Waals surface area contributed by atoms with Gasteiger partial charge in [-0.25, -0.2) is 0 Å². The molecule has 0 radical (unpaired) electrons. The first-order chi connectivity index (χ1) is 15.7. The molecule has 168 valence electrons. The van der Waals surface area contributed by atoms with Gasteiger partial charge in [0.1, 0.15) is 0 Å². The smallest absolute Gasteiger partial charge is 0.0707 e. The van der Waals surface area contributed by atoms with Crippen molar-refractivity contribution < 1.29 is 0 Å². The van der Waals surface area contributed by atoms with E-state index >= 15 is 0 Å². The summed E-state index contributed by atoms with van der Waals surface area (Å²) in [6.45, 7) is 12.8. The van der Waals surface area contributed by atoms with E-state index < -0.39 is 0 Å². The van der Waals surface area contributed by atoms with Crippen molar-refractivity contribution in [2.45, 2.75) is 46.7 Å². The second kappa shape index (κ2) is 10.8. The lowest BCUT2D eigenvalue weighted by Crippen LogP contribution is -2.27. The van der Waals surface area contributed by atoms with E-state index in [-0.39, 0.29) is 0 Å². The first-order valence-electron chi connectivity index (χ1n) is 12.1. The summed E-state index contributed by atoms with van der Waals surface area (Å²) in [5.41, 5.74) is 6.19. The Kier molecular flexibility index (Phi) is 7.56. The monoisotopic (exact) mass is 428 g/mol. The Morgan fingerprint density at radius 2 is 1.69 bits per heavy atom. The third-order valence-corrected chi connectivity index (χ3v) is 6.47. The quantitative estimate of drug-likeness (QED) is 0.317. The van der Waals surface area contributed by atoms with E-state index in [0.29, 0.717) is 0 Å². The summed E-state index contributed by atoms with van der Waals surface area (Å²) >= 11 is 0. The molecule has 4 nitrogen and oxygen atoms in total. The lowest BCUT2D eigenvalue weighted by molar-refractivity contribution is 0.298. The van der Waals surface area contributed by atoms with E-state index in [0.717, 1.165) is 57.1 Å². The zero-order chi connectivity index (χ0) is 22.3. The van der Waals surface area contributed by atoms with Crippen LogP contribution in [0.15, 0.2) is 60.7 Å². The summed E-state index contributed by atoms with van der Waals surface area (Å²) < 4.78 is 2.46. The second-order valence-electron chi connectivity index (χ2n) is 8.56. The molecule has 0 saturated carbocycles. The lowest BCUT2D eigenvalue weighted by atomic mass is 10.1. The van der Waals surface area contributed by atoms with Crippen molar-refractivity contribution in [2.75, 3.05) is 26.2 Å². The van der Waals surface area contributed by atoms with Crippen LogP contribution >= 0.6 is 0 Å². The van der Waals surface area contributed by atoms with E-state index in [9.17, 15) is 0 Å². The zero-order valence-corrected chi connectivity index (χ0v) is 19.8. The Hall–Kier alpha value is -2.69. The van der Waals surface area contributed by atoms with Crippen LogP contribution in [0.1, 0.15) is 37.2 Å². The molecule has 0 spiro atoms. The molecule has 4 rings (SSSR count). The summed E-state index contributed by atoms with van der Waals surface area (Å²) in [6, 6.07) is 21.8. The fourth-order valence-electron chi connectivity index (χ4n) is 4.73. The molecule has 2 aromatic heterocycles. The Balaban J connectivity index is 1.54. The van der Waals surface area contributed by atoms with Gasteiger partial charge < -0.3 is 14.8 Å². The number of rotatable bonds is 11.